The molecule has 1 unspecified atom stereocenters. The van der Waals surface area contributed by atoms with Crippen LogP contribution in [-0.4, -0.2) is 50.2 Å². The maximum atomic E-state index is 11.5. The van der Waals surface area contributed by atoms with Crippen LogP contribution in [0.2, 0.25) is 0 Å². The molecule has 8 nitrogen and oxygen atoms in total. The van der Waals surface area contributed by atoms with E-state index in [9.17, 15) is 8.42 Å². The van der Waals surface area contributed by atoms with E-state index in [0.29, 0.717) is 29.7 Å². The summed E-state index contributed by atoms with van der Waals surface area (Å²) in [6, 6.07) is 6.99. The second-order valence-corrected chi connectivity index (χ2v) is 7.93. The number of hydrogen-bond donors (Lipinski definition) is 2. The topological polar surface area (TPSA) is 102 Å². The van der Waals surface area contributed by atoms with Crippen molar-refractivity contribution in [2.24, 2.45) is 0 Å². The van der Waals surface area contributed by atoms with Gasteiger partial charge in [-0.1, -0.05) is 0 Å². The summed E-state index contributed by atoms with van der Waals surface area (Å²) in [5.74, 6) is 2.56. The number of benzene rings is 1. The molecule has 2 heterocycles. The molecule has 0 amide bonds. The van der Waals surface area contributed by atoms with Crippen LogP contribution in [0.3, 0.4) is 0 Å². The molecule has 0 spiro atoms. The minimum atomic E-state index is -2.94. The van der Waals surface area contributed by atoms with Gasteiger partial charge >= 0.3 is 0 Å². The fraction of sp³-hybridized carbons (Fsp3) is 0.375. The number of aromatic nitrogens is 2. The van der Waals surface area contributed by atoms with E-state index in [1.165, 1.54) is 0 Å². The van der Waals surface area contributed by atoms with Crippen LogP contribution in [-0.2, 0) is 9.84 Å². The number of sulfone groups is 1. The summed E-state index contributed by atoms with van der Waals surface area (Å²) in [7, 11) is 0.208. The zero-order chi connectivity index (χ0) is 17.9. The van der Waals surface area contributed by atoms with Crippen molar-refractivity contribution in [2.45, 2.75) is 12.5 Å². The molecule has 0 aliphatic carbocycles. The molecule has 1 aromatic carbocycles. The lowest BCUT2D eigenvalue weighted by Crippen LogP contribution is -2.21. The van der Waals surface area contributed by atoms with Gasteiger partial charge in [-0.3, -0.25) is 0 Å². The third-order valence-electron chi connectivity index (χ3n) is 3.88. The largest absolute Gasteiger partial charge is 0.493 e. The highest BCUT2D eigenvalue weighted by Crippen LogP contribution is 2.30. The van der Waals surface area contributed by atoms with E-state index in [0.717, 1.165) is 5.69 Å². The molecule has 1 aliphatic rings. The minimum absolute atomic E-state index is 0.117. The van der Waals surface area contributed by atoms with E-state index >= 15 is 0 Å². The maximum absolute atomic E-state index is 11.5. The van der Waals surface area contributed by atoms with Crippen molar-refractivity contribution < 1.29 is 17.9 Å². The number of anilines is 3. The van der Waals surface area contributed by atoms with Crippen LogP contribution in [0.25, 0.3) is 0 Å². The third kappa shape index (κ3) is 4.30. The Morgan fingerprint density at radius 2 is 1.96 bits per heavy atom. The molecular formula is C16H20N4O4S. The van der Waals surface area contributed by atoms with Crippen LogP contribution in [0.4, 0.5) is 17.5 Å². The van der Waals surface area contributed by atoms with Crippen LogP contribution in [0.15, 0.2) is 30.5 Å². The summed E-state index contributed by atoms with van der Waals surface area (Å²) < 4.78 is 33.6. The van der Waals surface area contributed by atoms with Crippen LogP contribution in [0.1, 0.15) is 6.42 Å². The van der Waals surface area contributed by atoms with Crippen molar-refractivity contribution in [2.75, 3.05) is 36.4 Å². The quantitative estimate of drug-likeness (QED) is 0.800. The maximum Gasteiger partial charge on any atom is 0.229 e. The van der Waals surface area contributed by atoms with E-state index in [4.69, 9.17) is 9.47 Å². The van der Waals surface area contributed by atoms with Crippen LogP contribution in [0, 0.1) is 0 Å². The summed E-state index contributed by atoms with van der Waals surface area (Å²) in [5.41, 5.74) is 0.748. The summed E-state index contributed by atoms with van der Waals surface area (Å²) in [5, 5.41) is 6.24. The average molecular weight is 364 g/mol. The molecule has 3 rings (SSSR count). The van der Waals surface area contributed by atoms with E-state index in [2.05, 4.69) is 20.6 Å². The summed E-state index contributed by atoms with van der Waals surface area (Å²) in [4.78, 5) is 8.56. The monoisotopic (exact) mass is 364 g/mol. The smallest absolute Gasteiger partial charge is 0.229 e. The molecule has 0 bridgehead atoms. The van der Waals surface area contributed by atoms with Gasteiger partial charge in [0, 0.05) is 24.0 Å². The molecule has 0 saturated carbocycles. The SMILES string of the molecule is COc1ccc(Nc2nccc(NC3CCS(=O)(=O)C3)n2)cc1OC. The van der Waals surface area contributed by atoms with Gasteiger partial charge in [0.1, 0.15) is 5.82 Å². The Morgan fingerprint density at radius 3 is 2.64 bits per heavy atom. The van der Waals surface area contributed by atoms with Gasteiger partial charge in [-0.15, -0.1) is 0 Å². The Labute approximate surface area is 146 Å². The van der Waals surface area contributed by atoms with Gasteiger partial charge in [-0.25, -0.2) is 13.4 Å². The molecule has 134 valence electrons. The second kappa shape index (κ2) is 7.14. The fourth-order valence-corrected chi connectivity index (χ4v) is 4.33. The number of methoxy groups -OCH3 is 2. The highest BCUT2D eigenvalue weighted by Gasteiger charge is 2.27. The van der Waals surface area contributed by atoms with Gasteiger partial charge in [-0.2, -0.15) is 4.98 Å². The molecule has 2 N–H and O–H groups in total. The zero-order valence-electron chi connectivity index (χ0n) is 14.0. The van der Waals surface area contributed by atoms with Gasteiger partial charge < -0.3 is 20.1 Å². The molecule has 25 heavy (non-hydrogen) atoms. The first-order valence-corrected chi connectivity index (χ1v) is 9.60. The minimum Gasteiger partial charge on any atom is -0.493 e. The van der Waals surface area contributed by atoms with Crippen LogP contribution < -0.4 is 20.1 Å². The number of nitrogens with zero attached hydrogens (tertiary/aromatic N) is 2. The fourth-order valence-electron chi connectivity index (χ4n) is 2.66. The summed E-state index contributed by atoms with van der Waals surface area (Å²) in [6.07, 6.45) is 2.20. The Kier molecular flexibility index (Phi) is 4.93. The van der Waals surface area contributed by atoms with E-state index in [1.54, 1.807) is 38.6 Å². The molecule has 1 aromatic heterocycles. The first kappa shape index (κ1) is 17.3. The molecule has 9 heteroatoms. The molecular weight excluding hydrogens is 344 g/mol. The van der Waals surface area contributed by atoms with Crippen molar-refractivity contribution in [3.63, 3.8) is 0 Å². The van der Waals surface area contributed by atoms with Crippen LogP contribution in [0.5, 0.6) is 11.5 Å². The lowest BCUT2D eigenvalue weighted by atomic mass is 10.2. The lowest BCUT2D eigenvalue weighted by molar-refractivity contribution is 0.355. The van der Waals surface area contributed by atoms with Gasteiger partial charge in [-0.05, 0) is 24.6 Å². The van der Waals surface area contributed by atoms with E-state index in [-0.39, 0.29) is 17.5 Å². The van der Waals surface area contributed by atoms with Crippen LogP contribution >= 0.6 is 0 Å². The molecule has 1 fully saturated rings. The first-order valence-electron chi connectivity index (χ1n) is 7.78. The zero-order valence-corrected chi connectivity index (χ0v) is 14.8. The van der Waals surface area contributed by atoms with Crippen molar-refractivity contribution in [1.82, 2.24) is 9.97 Å². The number of ether oxygens (including phenoxy) is 2. The first-order chi connectivity index (χ1) is 12.0. The Balaban J connectivity index is 1.71. The summed E-state index contributed by atoms with van der Waals surface area (Å²) >= 11 is 0. The number of hydrogen-bond acceptors (Lipinski definition) is 8. The lowest BCUT2D eigenvalue weighted by Gasteiger charge is -2.13. The third-order valence-corrected chi connectivity index (χ3v) is 5.65. The van der Waals surface area contributed by atoms with Crippen molar-refractivity contribution >= 4 is 27.3 Å². The van der Waals surface area contributed by atoms with Crippen molar-refractivity contribution in [3.05, 3.63) is 30.5 Å². The number of nitrogens with one attached hydrogen (secondary N) is 2. The standard InChI is InChI=1S/C16H20N4O4S/c1-23-13-4-3-11(9-14(13)24-2)19-16-17-7-5-15(20-16)18-12-6-8-25(21,22)10-12/h3-5,7,9,12H,6,8,10H2,1-2H3,(H2,17,18,19,20). The Morgan fingerprint density at radius 1 is 1.16 bits per heavy atom. The Hall–Kier alpha value is -2.55. The van der Waals surface area contributed by atoms with Gasteiger partial charge in [0.05, 0.1) is 25.7 Å². The second-order valence-electron chi connectivity index (χ2n) is 5.70. The highest BCUT2D eigenvalue weighted by molar-refractivity contribution is 7.91. The predicted octanol–water partition coefficient (Wildman–Crippen LogP) is 1.84. The van der Waals surface area contributed by atoms with E-state index < -0.39 is 9.84 Å². The highest BCUT2D eigenvalue weighted by atomic mass is 32.2. The molecule has 1 aliphatic heterocycles. The predicted molar refractivity (Wildman–Crippen MR) is 95.5 cm³/mol. The normalized spacial score (nSPS) is 18.6. The molecule has 1 atom stereocenters. The average Bonchev–Trinajstić information content (AvgIpc) is 2.93. The molecule has 2 aromatic rings. The molecule has 1 saturated heterocycles. The van der Waals surface area contributed by atoms with Gasteiger partial charge in [0.25, 0.3) is 0 Å². The van der Waals surface area contributed by atoms with Gasteiger partial charge in [0.15, 0.2) is 21.3 Å². The summed E-state index contributed by atoms with van der Waals surface area (Å²) in [6.45, 7) is 0. The van der Waals surface area contributed by atoms with Gasteiger partial charge in [0.2, 0.25) is 5.95 Å². The van der Waals surface area contributed by atoms with E-state index in [1.807, 2.05) is 6.07 Å². The number of rotatable bonds is 6. The molecule has 0 radical (unpaired) electrons. The van der Waals surface area contributed by atoms with Crippen molar-refractivity contribution in [3.8, 4) is 11.5 Å². The Bertz CT molecular complexity index is 857. The van der Waals surface area contributed by atoms with Crippen molar-refractivity contribution in [1.29, 1.82) is 0 Å².